The van der Waals surface area contributed by atoms with Gasteiger partial charge in [-0.25, -0.2) is 0 Å². The minimum Gasteiger partial charge on any atom is -0.316 e. The summed E-state index contributed by atoms with van der Waals surface area (Å²) < 4.78 is 0. The smallest absolute Gasteiger partial charge is 0.0541 e. The summed E-state index contributed by atoms with van der Waals surface area (Å²) >= 11 is 8.10. The van der Waals surface area contributed by atoms with Gasteiger partial charge in [0.2, 0.25) is 0 Å². The third-order valence-electron chi connectivity index (χ3n) is 2.94. The maximum Gasteiger partial charge on any atom is 0.0541 e. The van der Waals surface area contributed by atoms with Crippen LogP contribution in [0.1, 0.15) is 33.1 Å². The quantitative estimate of drug-likeness (QED) is 0.728. The van der Waals surface area contributed by atoms with Gasteiger partial charge >= 0.3 is 0 Å². The summed E-state index contributed by atoms with van der Waals surface area (Å²) in [4.78, 5) is 1.19. The highest BCUT2D eigenvalue weighted by Crippen LogP contribution is 2.33. The maximum atomic E-state index is 6.21. The second-order valence-electron chi connectivity index (χ2n) is 4.18. The van der Waals surface area contributed by atoms with E-state index in [0.29, 0.717) is 11.3 Å². The fraction of sp³-hybridized carbons (Fsp3) is 0.571. The summed E-state index contributed by atoms with van der Waals surface area (Å²) in [7, 11) is 2.05. The highest BCUT2D eigenvalue weighted by Gasteiger charge is 2.19. The Hall–Kier alpha value is -0.180. The molecule has 1 aromatic carbocycles. The molecule has 96 valence electrons. The number of rotatable bonds is 7. The zero-order valence-corrected chi connectivity index (χ0v) is 12.4. The SMILES string of the molecule is CCCC(NC)C(CC)Sc1ccccc1Cl. The Morgan fingerprint density at radius 1 is 1.29 bits per heavy atom. The number of hydrogen-bond donors (Lipinski definition) is 1. The van der Waals surface area contributed by atoms with Gasteiger partial charge in [-0.1, -0.05) is 44.0 Å². The highest BCUT2D eigenvalue weighted by molar-refractivity contribution is 8.00. The first-order chi connectivity index (χ1) is 8.22. The van der Waals surface area contributed by atoms with Gasteiger partial charge in [-0.05, 0) is 32.0 Å². The molecule has 0 saturated heterocycles. The molecule has 17 heavy (non-hydrogen) atoms. The molecule has 1 nitrogen and oxygen atoms in total. The number of benzene rings is 1. The summed E-state index contributed by atoms with van der Waals surface area (Å²) in [5.74, 6) is 0. The van der Waals surface area contributed by atoms with Crippen molar-refractivity contribution < 1.29 is 0 Å². The lowest BCUT2D eigenvalue weighted by Gasteiger charge is -2.25. The second kappa shape index (κ2) is 8.02. The van der Waals surface area contributed by atoms with E-state index in [9.17, 15) is 0 Å². The van der Waals surface area contributed by atoms with E-state index in [0.717, 1.165) is 11.4 Å². The summed E-state index contributed by atoms with van der Waals surface area (Å²) in [6.45, 7) is 4.48. The summed E-state index contributed by atoms with van der Waals surface area (Å²) in [6.07, 6.45) is 3.58. The van der Waals surface area contributed by atoms with Crippen molar-refractivity contribution in [1.29, 1.82) is 0 Å². The van der Waals surface area contributed by atoms with Crippen LogP contribution in [0.15, 0.2) is 29.2 Å². The van der Waals surface area contributed by atoms with Gasteiger partial charge in [0.25, 0.3) is 0 Å². The molecule has 0 amide bonds. The molecule has 0 heterocycles. The Bertz CT molecular complexity index is 330. The summed E-state index contributed by atoms with van der Waals surface area (Å²) in [5, 5.41) is 4.88. The average Bonchev–Trinajstić information content (AvgIpc) is 2.35. The molecule has 1 aromatic rings. The van der Waals surface area contributed by atoms with E-state index >= 15 is 0 Å². The predicted molar refractivity (Wildman–Crippen MR) is 79.1 cm³/mol. The minimum atomic E-state index is 0.561. The first-order valence-electron chi connectivity index (χ1n) is 6.31. The Labute approximate surface area is 114 Å². The molecule has 1 N–H and O–H groups in total. The molecule has 0 aromatic heterocycles. The Morgan fingerprint density at radius 3 is 2.53 bits per heavy atom. The van der Waals surface area contributed by atoms with Crippen LogP contribution in [0, 0.1) is 0 Å². The van der Waals surface area contributed by atoms with Gasteiger partial charge in [-0.2, -0.15) is 0 Å². The predicted octanol–water partition coefficient (Wildman–Crippen LogP) is 4.60. The monoisotopic (exact) mass is 271 g/mol. The fourth-order valence-electron chi connectivity index (χ4n) is 1.98. The standard InChI is InChI=1S/C14H22ClNS/c1-4-8-12(16-3)13(5-2)17-14-10-7-6-9-11(14)15/h6-7,9-10,12-13,16H,4-5,8H2,1-3H3. The first-order valence-corrected chi connectivity index (χ1v) is 7.57. The van der Waals surface area contributed by atoms with Crippen LogP contribution < -0.4 is 5.32 Å². The molecule has 0 aliphatic carbocycles. The van der Waals surface area contributed by atoms with Gasteiger partial charge in [0.05, 0.1) is 5.02 Å². The van der Waals surface area contributed by atoms with Gasteiger partial charge < -0.3 is 5.32 Å². The molecule has 2 unspecified atom stereocenters. The zero-order valence-electron chi connectivity index (χ0n) is 10.9. The molecular formula is C14H22ClNS. The zero-order chi connectivity index (χ0) is 12.7. The average molecular weight is 272 g/mol. The molecule has 0 spiro atoms. The van der Waals surface area contributed by atoms with Crippen LogP contribution in [-0.4, -0.2) is 18.3 Å². The van der Waals surface area contributed by atoms with E-state index in [1.54, 1.807) is 0 Å². The van der Waals surface area contributed by atoms with E-state index < -0.39 is 0 Å². The minimum absolute atomic E-state index is 0.561. The third kappa shape index (κ3) is 4.53. The van der Waals surface area contributed by atoms with Crippen LogP contribution >= 0.6 is 23.4 Å². The van der Waals surface area contributed by atoms with Gasteiger partial charge in [-0.15, -0.1) is 11.8 Å². The molecule has 2 atom stereocenters. The van der Waals surface area contributed by atoms with Gasteiger partial charge in [-0.3, -0.25) is 0 Å². The molecule has 0 aliphatic heterocycles. The molecule has 0 radical (unpaired) electrons. The summed E-state index contributed by atoms with van der Waals surface area (Å²) in [6, 6.07) is 8.66. The van der Waals surface area contributed by atoms with E-state index in [1.807, 2.05) is 23.9 Å². The molecule has 3 heteroatoms. The lowest BCUT2D eigenvalue weighted by molar-refractivity contribution is 0.490. The van der Waals surface area contributed by atoms with Crippen LogP contribution in [0.5, 0.6) is 0 Å². The van der Waals surface area contributed by atoms with Crippen LogP contribution in [0.4, 0.5) is 0 Å². The van der Waals surface area contributed by atoms with Crippen molar-refractivity contribution >= 4 is 23.4 Å². The number of thioether (sulfide) groups is 1. The van der Waals surface area contributed by atoms with E-state index in [2.05, 4.69) is 38.3 Å². The van der Waals surface area contributed by atoms with Crippen molar-refractivity contribution in [3.63, 3.8) is 0 Å². The van der Waals surface area contributed by atoms with Gasteiger partial charge in [0, 0.05) is 16.2 Å². The lowest BCUT2D eigenvalue weighted by atomic mass is 10.1. The molecule has 0 saturated carbocycles. The summed E-state index contributed by atoms with van der Waals surface area (Å²) in [5.41, 5.74) is 0. The van der Waals surface area contributed by atoms with Crippen molar-refractivity contribution in [3.8, 4) is 0 Å². The van der Waals surface area contributed by atoms with Crippen LogP contribution in [-0.2, 0) is 0 Å². The van der Waals surface area contributed by atoms with Gasteiger partial charge in [0.15, 0.2) is 0 Å². The van der Waals surface area contributed by atoms with Crippen LogP contribution in [0.2, 0.25) is 5.02 Å². The normalized spacial score (nSPS) is 14.6. The van der Waals surface area contributed by atoms with Crippen molar-refractivity contribution in [2.45, 2.75) is 49.3 Å². The number of halogens is 1. The molecular weight excluding hydrogens is 250 g/mol. The number of nitrogens with one attached hydrogen (secondary N) is 1. The maximum absolute atomic E-state index is 6.21. The lowest BCUT2D eigenvalue weighted by Crippen LogP contribution is -2.35. The topological polar surface area (TPSA) is 12.0 Å². The highest BCUT2D eigenvalue weighted by atomic mass is 35.5. The van der Waals surface area contributed by atoms with Crippen molar-refractivity contribution in [3.05, 3.63) is 29.3 Å². The van der Waals surface area contributed by atoms with Crippen molar-refractivity contribution in [2.24, 2.45) is 0 Å². The van der Waals surface area contributed by atoms with E-state index in [-0.39, 0.29) is 0 Å². The molecule has 0 aliphatic rings. The van der Waals surface area contributed by atoms with Crippen molar-refractivity contribution in [1.82, 2.24) is 5.32 Å². The first kappa shape index (κ1) is 14.9. The van der Waals surface area contributed by atoms with Crippen LogP contribution in [0.25, 0.3) is 0 Å². The molecule has 0 bridgehead atoms. The Kier molecular flexibility index (Phi) is 7.02. The number of hydrogen-bond acceptors (Lipinski definition) is 2. The van der Waals surface area contributed by atoms with Gasteiger partial charge in [0.1, 0.15) is 0 Å². The Balaban J connectivity index is 2.72. The Morgan fingerprint density at radius 2 is 2.00 bits per heavy atom. The second-order valence-corrected chi connectivity index (χ2v) is 5.87. The van der Waals surface area contributed by atoms with E-state index in [1.165, 1.54) is 17.7 Å². The third-order valence-corrected chi connectivity index (χ3v) is 4.95. The van der Waals surface area contributed by atoms with Crippen LogP contribution in [0.3, 0.4) is 0 Å². The molecule has 0 fully saturated rings. The van der Waals surface area contributed by atoms with E-state index in [4.69, 9.17) is 11.6 Å². The molecule has 1 rings (SSSR count). The van der Waals surface area contributed by atoms with Crippen molar-refractivity contribution in [2.75, 3.05) is 7.05 Å². The largest absolute Gasteiger partial charge is 0.316 e. The fourth-order valence-corrected chi connectivity index (χ4v) is 3.52.